The summed E-state index contributed by atoms with van der Waals surface area (Å²) in [5.41, 5.74) is 1.00. The molecule has 1 aromatic rings. The lowest BCUT2D eigenvalue weighted by atomic mass is 10.1. The van der Waals surface area contributed by atoms with Crippen molar-refractivity contribution in [2.45, 2.75) is 13.0 Å². The average molecular weight is 261 g/mol. The maximum Gasteiger partial charge on any atom is 0.147 e. The fourth-order valence-electron chi connectivity index (χ4n) is 2.02. The number of pyridine rings is 1. The first kappa shape index (κ1) is 12.1. The number of hydrogen-bond donors (Lipinski definition) is 1. The molecule has 2 rings (SSSR count). The lowest BCUT2D eigenvalue weighted by Gasteiger charge is -2.16. The molecule has 0 radical (unpaired) electrons. The molecule has 1 aliphatic heterocycles. The van der Waals surface area contributed by atoms with Crippen molar-refractivity contribution in [1.29, 1.82) is 0 Å². The van der Waals surface area contributed by atoms with Crippen molar-refractivity contribution in [2.75, 3.05) is 19.7 Å². The number of rotatable bonds is 3. The van der Waals surface area contributed by atoms with Gasteiger partial charge in [-0.2, -0.15) is 0 Å². The molecule has 1 atom stereocenters. The van der Waals surface area contributed by atoms with Gasteiger partial charge in [0.2, 0.25) is 0 Å². The maximum absolute atomic E-state index is 9.06. The number of likely N-dealkylation sites (tertiary alicyclic amines) is 1. The standard InChI is InChI=1S/C11H14Cl2N2O/c12-10-9(1-3-14-11(10)13)6-15-4-2-8(5-15)7-16/h1,3,8,16H,2,4-7H2/t8-/m1/s1. The molecule has 88 valence electrons. The molecule has 0 aromatic carbocycles. The van der Waals surface area contributed by atoms with Crippen LogP contribution in [0.5, 0.6) is 0 Å². The lowest BCUT2D eigenvalue weighted by Crippen LogP contribution is -2.21. The molecule has 1 fully saturated rings. The van der Waals surface area contributed by atoms with Crippen LogP contribution in [0, 0.1) is 5.92 Å². The number of halogens is 2. The molecular formula is C11H14Cl2N2O. The van der Waals surface area contributed by atoms with Gasteiger partial charge < -0.3 is 5.11 Å². The molecule has 1 aliphatic rings. The summed E-state index contributed by atoms with van der Waals surface area (Å²) >= 11 is 11.9. The molecule has 0 unspecified atom stereocenters. The Hall–Kier alpha value is -0.350. The van der Waals surface area contributed by atoms with E-state index in [1.807, 2.05) is 6.07 Å². The molecular weight excluding hydrogens is 247 g/mol. The highest BCUT2D eigenvalue weighted by Gasteiger charge is 2.22. The second-order valence-corrected chi connectivity index (χ2v) is 4.88. The maximum atomic E-state index is 9.06. The van der Waals surface area contributed by atoms with Gasteiger partial charge in [0.25, 0.3) is 0 Å². The highest BCUT2D eigenvalue weighted by Crippen LogP contribution is 2.26. The molecule has 0 bridgehead atoms. The van der Waals surface area contributed by atoms with Crippen molar-refractivity contribution in [1.82, 2.24) is 9.88 Å². The molecule has 0 aliphatic carbocycles. The number of aromatic nitrogens is 1. The zero-order valence-electron chi connectivity index (χ0n) is 8.87. The van der Waals surface area contributed by atoms with Crippen LogP contribution in [0.3, 0.4) is 0 Å². The molecule has 16 heavy (non-hydrogen) atoms. The van der Waals surface area contributed by atoms with E-state index in [4.69, 9.17) is 28.3 Å². The summed E-state index contributed by atoms with van der Waals surface area (Å²) in [6.45, 7) is 2.97. The smallest absolute Gasteiger partial charge is 0.147 e. The Morgan fingerprint density at radius 2 is 2.31 bits per heavy atom. The molecule has 1 N–H and O–H groups in total. The van der Waals surface area contributed by atoms with Crippen molar-refractivity contribution in [2.24, 2.45) is 5.92 Å². The van der Waals surface area contributed by atoms with Gasteiger partial charge in [0, 0.05) is 25.9 Å². The van der Waals surface area contributed by atoms with Gasteiger partial charge in [-0.25, -0.2) is 4.98 Å². The van der Waals surface area contributed by atoms with Crippen LogP contribution in [0.15, 0.2) is 12.3 Å². The zero-order chi connectivity index (χ0) is 11.5. The van der Waals surface area contributed by atoms with E-state index >= 15 is 0 Å². The summed E-state index contributed by atoms with van der Waals surface area (Å²) in [6.07, 6.45) is 2.72. The Bertz CT molecular complexity index is 373. The Kier molecular flexibility index (Phi) is 4.03. The predicted octanol–water partition coefficient (Wildman–Crippen LogP) is 2.20. The van der Waals surface area contributed by atoms with Crippen LogP contribution in [0.2, 0.25) is 10.2 Å². The van der Waals surface area contributed by atoms with Gasteiger partial charge in [0.1, 0.15) is 5.15 Å². The second-order valence-electron chi connectivity index (χ2n) is 4.15. The molecule has 0 amide bonds. The lowest BCUT2D eigenvalue weighted by molar-refractivity contribution is 0.220. The first-order valence-electron chi connectivity index (χ1n) is 5.32. The van der Waals surface area contributed by atoms with Crippen LogP contribution in [0.1, 0.15) is 12.0 Å². The summed E-state index contributed by atoms with van der Waals surface area (Å²) in [5, 5.41) is 9.96. The van der Waals surface area contributed by atoms with E-state index in [-0.39, 0.29) is 6.61 Å². The Morgan fingerprint density at radius 3 is 3.00 bits per heavy atom. The third-order valence-electron chi connectivity index (χ3n) is 2.95. The van der Waals surface area contributed by atoms with Crippen LogP contribution >= 0.6 is 23.2 Å². The van der Waals surface area contributed by atoms with Gasteiger partial charge in [-0.05, 0) is 30.5 Å². The van der Waals surface area contributed by atoms with Crippen LogP contribution < -0.4 is 0 Å². The van der Waals surface area contributed by atoms with E-state index in [0.717, 1.165) is 31.6 Å². The van der Waals surface area contributed by atoms with E-state index in [0.29, 0.717) is 16.1 Å². The third kappa shape index (κ3) is 2.66. The van der Waals surface area contributed by atoms with E-state index in [2.05, 4.69) is 9.88 Å². The molecule has 1 aromatic heterocycles. The van der Waals surface area contributed by atoms with Crippen LogP contribution in [0.25, 0.3) is 0 Å². The monoisotopic (exact) mass is 260 g/mol. The van der Waals surface area contributed by atoms with E-state index < -0.39 is 0 Å². The highest BCUT2D eigenvalue weighted by molar-refractivity contribution is 6.41. The zero-order valence-corrected chi connectivity index (χ0v) is 10.4. The van der Waals surface area contributed by atoms with Gasteiger partial charge in [-0.3, -0.25) is 4.90 Å². The quantitative estimate of drug-likeness (QED) is 0.847. The molecule has 2 heterocycles. The van der Waals surface area contributed by atoms with Gasteiger partial charge in [-0.1, -0.05) is 23.2 Å². The first-order valence-corrected chi connectivity index (χ1v) is 6.08. The third-order valence-corrected chi connectivity index (χ3v) is 3.75. The van der Waals surface area contributed by atoms with Crippen LogP contribution in [0.4, 0.5) is 0 Å². The summed E-state index contributed by atoms with van der Waals surface area (Å²) in [4.78, 5) is 6.20. The van der Waals surface area contributed by atoms with Crippen molar-refractivity contribution in [3.63, 3.8) is 0 Å². The van der Waals surface area contributed by atoms with Crippen molar-refractivity contribution in [3.8, 4) is 0 Å². The van der Waals surface area contributed by atoms with Gasteiger partial charge in [0.15, 0.2) is 0 Å². The average Bonchev–Trinajstić information content (AvgIpc) is 2.73. The van der Waals surface area contributed by atoms with Crippen molar-refractivity contribution in [3.05, 3.63) is 28.0 Å². The summed E-state index contributed by atoms with van der Waals surface area (Å²) in [5.74, 6) is 0.399. The van der Waals surface area contributed by atoms with Crippen LogP contribution in [-0.2, 0) is 6.54 Å². The molecule has 0 saturated carbocycles. The van der Waals surface area contributed by atoms with E-state index in [1.54, 1.807) is 6.20 Å². The minimum absolute atomic E-state index is 0.265. The molecule has 5 heteroatoms. The first-order chi connectivity index (χ1) is 7.70. The topological polar surface area (TPSA) is 36.4 Å². The van der Waals surface area contributed by atoms with Crippen molar-refractivity contribution >= 4 is 23.2 Å². The molecule has 1 saturated heterocycles. The normalized spacial score (nSPS) is 21.6. The summed E-state index contributed by atoms with van der Waals surface area (Å²) in [7, 11) is 0. The van der Waals surface area contributed by atoms with Gasteiger partial charge >= 0.3 is 0 Å². The number of nitrogens with zero attached hydrogens (tertiary/aromatic N) is 2. The van der Waals surface area contributed by atoms with Crippen molar-refractivity contribution < 1.29 is 5.11 Å². The Labute approximate surface area is 105 Å². The highest BCUT2D eigenvalue weighted by atomic mass is 35.5. The minimum Gasteiger partial charge on any atom is -0.396 e. The SMILES string of the molecule is OC[C@@H]1CCN(Cc2ccnc(Cl)c2Cl)C1. The molecule has 3 nitrogen and oxygen atoms in total. The second kappa shape index (κ2) is 5.32. The van der Waals surface area contributed by atoms with Crippen LogP contribution in [-0.4, -0.2) is 34.7 Å². The predicted molar refractivity (Wildman–Crippen MR) is 64.7 cm³/mol. The fraction of sp³-hybridized carbons (Fsp3) is 0.545. The summed E-state index contributed by atoms with van der Waals surface area (Å²) in [6, 6.07) is 1.89. The van der Waals surface area contributed by atoms with E-state index in [9.17, 15) is 0 Å². The summed E-state index contributed by atoms with van der Waals surface area (Å²) < 4.78 is 0. The number of aliphatic hydroxyl groups is 1. The van der Waals surface area contributed by atoms with Gasteiger partial charge in [0.05, 0.1) is 5.02 Å². The number of aliphatic hydroxyl groups excluding tert-OH is 1. The van der Waals surface area contributed by atoms with Gasteiger partial charge in [-0.15, -0.1) is 0 Å². The minimum atomic E-state index is 0.265. The van der Waals surface area contributed by atoms with E-state index in [1.165, 1.54) is 0 Å². The Balaban J connectivity index is 2.02. The molecule has 0 spiro atoms. The Morgan fingerprint density at radius 1 is 1.50 bits per heavy atom. The number of hydrogen-bond acceptors (Lipinski definition) is 3. The largest absolute Gasteiger partial charge is 0.396 e. The fourth-order valence-corrected chi connectivity index (χ4v) is 2.37.